The Hall–Kier alpha value is -3.56. The molecule has 4 heterocycles. The number of hydrogen-bond acceptors (Lipinski definition) is 7. The maximum Gasteiger partial charge on any atom is 0.439 e. The number of aryl methyl sites for hydroxylation is 1. The van der Waals surface area contributed by atoms with Gasteiger partial charge in [0.2, 0.25) is 5.88 Å². The highest BCUT2D eigenvalue weighted by Crippen LogP contribution is 2.29. The molecule has 10 heteroatoms. The number of pyridine rings is 2. The summed E-state index contributed by atoms with van der Waals surface area (Å²) in [6, 6.07) is 12.2. The van der Waals surface area contributed by atoms with Crippen LogP contribution < -0.4 is 10.5 Å². The van der Waals surface area contributed by atoms with Crippen LogP contribution in [0.2, 0.25) is 5.02 Å². The van der Waals surface area contributed by atoms with Gasteiger partial charge in [-0.15, -0.1) is 0 Å². The Balaban J connectivity index is 1.16. The van der Waals surface area contributed by atoms with Crippen molar-refractivity contribution in [3.63, 3.8) is 0 Å². The molecule has 0 saturated carbocycles. The lowest BCUT2D eigenvalue weighted by atomic mass is 9.93. The van der Waals surface area contributed by atoms with Crippen LogP contribution in [-0.4, -0.2) is 38.1 Å². The second-order valence-electron chi connectivity index (χ2n) is 8.91. The largest absolute Gasteiger partial charge is 0.473 e. The fourth-order valence-electron chi connectivity index (χ4n) is 4.38. The van der Waals surface area contributed by atoms with E-state index in [0.717, 1.165) is 49.4 Å². The van der Waals surface area contributed by atoms with Gasteiger partial charge >= 0.3 is 5.76 Å². The van der Waals surface area contributed by atoms with Crippen LogP contribution in [-0.2, 0) is 13.2 Å². The van der Waals surface area contributed by atoms with E-state index in [1.54, 1.807) is 24.4 Å². The van der Waals surface area contributed by atoms with E-state index in [2.05, 4.69) is 29.5 Å². The van der Waals surface area contributed by atoms with E-state index in [1.807, 2.05) is 25.1 Å². The Morgan fingerprint density at radius 3 is 2.78 bits per heavy atom. The number of H-pyrrole nitrogens is 1. The molecule has 5 rings (SSSR count). The van der Waals surface area contributed by atoms with Gasteiger partial charge in [0.25, 0.3) is 0 Å². The van der Waals surface area contributed by atoms with Crippen LogP contribution >= 0.6 is 11.6 Å². The number of hydrogen-bond donors (Lipinski definition) is 1. The SMILES string of the molecule is Cc1cc(-c2noc(=O)[nH]2)cnc1CN1CCC(c2cccc(OCc3ccc(Cl)cc3F)n2)CC1. The number of ether oxygens (including phenoxy) is 1. The molecule has 0 amide bonds. The predicted molar refractivity (Wildman–Crippen MR) is 132 cm³/mol. The van der Waals surface area contributed by atoms with Crippen molar-refractivity contribution < 1.29 is 13.7 Å². The van der Waals surface area contributed by atoms with E-state index in [1.165, 1.54) is 6.07 Å². The van der Waals surface area contributed by atoms with E-state index in [0.29, 0.717) is 33.8 Å². The summed E-state index contributed by atoms with van der Waals surface area (Å²) < 4.78 is 24.4. The topological polar surface area (TPSA) is 97.1 Å². The first kappa shape index (κ1) is 24.1. The van der Waals surface area contributed by atoms with Crippen LogP contribution in [0.25, 0.3) is 11.4 Å². The third-order valence-electron chi connectivity index (χ3n) is 6.42. The van der Waals surface area contributed by atoms with E-state index in [-0.39, 0.29) is 6.61 Å². The van der Waals surface area contributed by atoms with Gasteiger partial charge in [0.1, 0.15) is 12.4 Å². The monoisotopic (exact) mass is 509 g/mol. The van der Waals surface area contributed by atoms with Crippen LogP contribution in [0.15, 0.2) is 58.0 Å². The van der Waals surface area contributed by atoms with Crippen LogP contribution in [0.3, 0.4) is 0 Å². The highest BCUT2D eigenvalue weighted by atomic mass is 35.5. The summed E-state index contributed by atoms with van der Waals surface area (Å²) in [6.45, 7) is 4.69. The van der Waals surface area contributed by atoms with Gasteiger partial charge in [0.15, 0.2) is 5.82 Å². The van der Waals surface area contributed by atoms with Gasteiger partial charge in [-0.3, -0.25) is 19.4 Å². The second kappa shape index (κ2) is 10.6. The van der Waals surface area contributed by atoms with Crippen LogP contribution in [0, 0.1) is 12.7 Å². The zero-order chi connectivity index (χ0) is 25.1. The van der Waals surface area contributed by atoms with E-state index in [9.17, 15) is 9.18 Å². The highest BCUT2D eigenvalue weighted by Gasteiger charge is 2.23. The molecule has 0 atom stereocenters. The van der Waals surface area contributed by atoms with Crippen molar-refractivity contribution in [3.05, 3.63) is 92.6 Å². The number of piperidine rings is 1. The molecule has 0 aliphatic carbocycles. The molecule has 3 aromatic heterocycles. The van der Waals surface area contributed by atoms with Gasteiger partial charge in [-0.05, 0) is 62.7 Å². The first-order valence-corrected chi connectivity index (χ1v) is 12.1. The summed E-state index contributed by atoms with van der Waals surface area (Å²) in [7, 11) is 0. The van der Waals surface area contributed by atoms with Gasteiger partial charge in [-0.2, -0.15) is 0 Å². The van der Waals surface area contributed by atoms with Crippen LogP contribution in [0.1, 0.15) is 41.3 Å². The Bertz CT molecular complexity index is 1410. The normalized spacial score (nSPS) is 14.8. The van der Waals surface area contributed by atoms with E-state index in [4.69, 9.17) is 16.3 Å². The van der Waals surface area contributed by atoms with Crippen molar-refractivity contribution in [1.82, 2.24) is 25.0 Å². The predicted octanol–water partition coefficient (Wildman–Crippen LogP) is 4.88. The number of aromatic amines is 1. The summed E-state index contributed by atoms with van der Waals surface area (Å²) >= 11 is 5.82. The average Bonchev–Trinajstić information content (AvgIpc) is 3.31. The number of nitrogens with zero attached hydrogens (tertiary/aromatic N) is 4. The first-order chi connectivity index (χ1) is 17.4. The Morgan fingerprint density at radius 2 is 2.06 bits per heavy atom. The number of benzene rings is 1. The lowest BCUT2D eigenvalue weighted by Gasteiger charge is -2.31. The van der Waals surface area contributed by atoms with Crippen molar-refractivity contribution in [2.45, 2.75) is 38.8 Å². The molecular formula is C26H25ClFN5O3. The fourth-order valence-corrected chi connectivity index (χ4v) is 4.54. The molecule has 1 N–H and O–H groups in total. The average molecular weight is 510 g/mol. The summed E-state index contributed by atoms with van der Waals surface area (Å²) in [5, 5.41) is 4.08. The zero-order valence-corrected chi connectivity index (χ0v) is 20.5. The quantitative estimate of drug-likeness (QED) is 0.379. The molecule has 0 bridgehead atoms. The minimum absolute atomic E-state index is 0.0930. The molecule has 0 unspecified atom stereocenters. The smallest absolute Gasteiger partial charge is 0.439 e. The standard InChI is InChI=1S/C26H25ClFN5O3/c1-16-11-19(25-31-26(34)36-32-25)13-29-23(16)14-33-9-7-17(8-10-33)22-3-2-4-24(30-22)35-15-18-5-6-20(27)12-21(18)28/h2-6,11-13,17H,7-10,14-15H2,1H3,(H,31,32,34). The highest BCUT2D eigenvalue weighted by molar-refractivity contribution is 6.30. The number of likely N-dealkylation sites (tertiary alicyclic amines) is 1. The third-order valence-corrected chi connectivity index (χ3v) is 6.65. The minimum Gasteiger partial charge on any atom is -0.473 e. The Morgan fingerprint density at radius 1 is 1.22 bits per heavy atom. The molecule has 1 aliphatic heterocycles. The molecular weight excluding hydrogens is 485 g/mol. The van der Waals surface area contributed by atoms with Crippen molar-refractivity contribution in [2.75, 3.05) is 13.1 Å². The summed E-state index contributed by atoms with van der Waals surface area (Å²) in [4.78, 5) is 25.4. The van der Waals surface area contributed by atoms with Crippen molar-refractivity contribution in [3.8, 4) is 17.3 Å². The van der Waals surface area contributed by atoms with Gasteiger partial charge in [0, 0.05) is 46.6 Å². The number of halogens is 2. The second-order valence-corrected chi connectivity index (χ2v) is 9.34. The van der Waals surface area contributed by atoms with Gasteiger partial charge < -0.3 is 4.74 Å². The maximum absolute atomic E-state index is 14.0. The van der Waals surface area contributed by atoms with Crippen molar-refractivity contribution in [1.29, 1.82) is 0 Å². The van der Waals surface area contributed by atoms with E-state index < -0.39 is 11.6 Å². The summed E-state index contributed by atoms with van der Waals surface area (Å²) in [6.07, 6.45) is 3.65. The number of nitrogens with one attached hydrogen (secondary N) is 1. The first-order valence-electron chi connectivity index (χ1n) is 11.7. The summed E-state index contributed by atoms with van der Waals surface area (Å²) in [5.41, 5.74) is 4.16. The zero-order valence-electron chi connectivity index (χ0n) is 19.7. The molecule has 1 saturated heterocycles. The molecule has 4 aromatic rings. The lowest BCUT2D eigenvalue weighted by Crippen LogP contribution is -2.33. The lowest BCUT2D eigenvalue weighted by molar-refractivity contribution is 0.200. The molecule has 8 nitrogen and oxygen atoms in total. The van der Waals surface area contributed by atoms with E-state index >= 15 is 0 Å². The maximum atomic E-state index is 14.0. The molecule has 1 aliphatic rings. The molecule has 0 radical (unpaired) electrons. The molecule has 1 fully saturated rings. The third kappa shape index (κ3) is 5.63. The van der Waals surface area contributed by atoms with Crippen molar-refractivity contribution in [2.24, 2.45) is 0 Å². The number of aromatic nitrogens is 4. The van der Waals surface area contributed by atoms with Crippen LogP contribution in [0.5, 0.6) is 5.88 Å². The van der Waals surface area contributed by atoms with Crippen molar-refractivity contribution >= 4 is 11.6 Å². The Kier molecular flexibility index (Phi) is 7.11. The molecule has 36 heavy (non-hydrogen) atoms. The molecule has 1 aromatic carbocycles. The Labute approximate surface area is 212 Å². The number of rotatable bonds is 7. The summed E-state index contributed by atoms with van der Waals surface area (Å²) in [5.74, 6) is 0.213. The van der Waals surface area contributed by atoms with Gasteiger partial charge in [-0.25, -0.2) is 14.2 Å². The van der Waals surface area contributed by atoms with Gasteiger partial charge in [-0.1, -0.05) is 28.9 Å². The minimum atomic E-state index is -0.586. The van der Waals surface area contributed by atoms with Crippen LogP contribution in [0.4, 0.5) is 4.39 Å². The van der Waals surface area contributed by atoms with Gasteiger partial charge in [0.05, 0.1) is 5.69 Å². The fraction of sp³-hybridized carbons (Fsp3) is 0.308. The molecule has 0 spiro atoms. The molecule has 186 valence electrons.